The van der Waals surface area contributed by atoms with E-state index in [-0.39, 0.29) is 6.54 Å². The highest BCUT2D eigenvalue weighted by atomic mass is 35.5. The molecule has 0 saturated heterocycles. The van der Waals surface area contributed by atoms with Crippen molar-refractivity contribution in [1.29, 1.82) is 0 Å². The van der Waals surface area contributed by atoms with Crippen molar-refractivity contribution in [2.24, 2.45) is 0 Å². The van der Waals surface area contributed by atoms with E-state index in [0.717, 1.165) is 6.42 Å². The molecule has 1 amide bonds. The van der Waals surface area contributed by atoms with Crippen LogP contribution in [-0.2, 0) is 17.8 Å². The number of anilines is 1. The lowest BCUT2D eigenvalue weighted by atomic mass is 10.1. The number of Topliss-reactive ketones (excluding diaryl/α,β-unsaturated/α-hetero) is 1. The monoisotopic (exact) mass is 305 g/mol. The van der Waals surface area contributed by atoms with Gasteiger partial charge >= 0.3 is 0 Å². The maximum Gasteiger partial charge on any atom is 0.299 e. The van der Waals surface area contributed by atoms with Gasteiger partial charge in [0, 0.05) is 11.4 Å². The van der Waals surface area contributed by atoms with Gasteiger partial charge in [-0.1, -0.05) is 23.7 Å². The molecule has 0 bridgehead atoms. The van der Waals surface area contributed by atoms with Crippen LogP contribution >= 0.6 is 11.6 Å². The predicted octanol–water partition coefficient (Wildman–Crippen LogP) is 2.41. The summed E-state index contributed by atoms with van der Waals surface area (Å²) < 4.78 is 5.08. The van der Waals surface area contributed by atoms with E-state index in [0.29, 0.717) is 34.4 Å². The van der Waals surface area contributed by atoms with Crippen LogP contribution in [0.1, 0.15) is 35.4 Å². The van der Waals surface area contributed by atoms with E-state index in [1.165, 1.54) is 11.0 Å². The molecule has 1 aromatic carbocycles. The van der Waals surface area contributed by atoms with Gasteiger partial charge in [0.1, 0.15) is 0 Å². The smallest absolute Gasteiger partial charge is 0.299 e. The molecule has 7 heteroatoms. The maximum atomic E-state index is 12.1. The Morgan fingerprint density at radius 2 is 2.14 bits per heavy atom. The average molecular weight is 306 g/mol. The Morgan fingerprint density at radius 1 is 1.33 bits per heavy atom. The number of ketones is 1. The highest BCUT2D eigenvalue weighted by molar-refractivity contribution is 6.52. The molecule has 0 N–H and O–H groups in total. The number of nitrogens with zero attached hydrogens (tertiary/aromatic N) is 3. The lowest BCUT2D eigenvalue weighted by Crippen LogP contribution is -2.29. The van der Waals surface area contributed by atoms with Crippen molar-refractivity contribution in [2.75, 3.05) is 4.90 Å². The second-order valence-corrected chi connectivity index (χ2v) is 5.17. The number of hydrogen-bond acceptors (Lipinski definition) is 5. The second-order valence-electron chi connectivity index (χ2n) is 4.74. The van der Waals surface area contributed by atoms with Crippen molar-refractivity contribution >= 4 is 29.0 Å². The molecule has 108 valence electrons. The molecule has 0 unspecified atom stereocenters. The molecule has 0 atom stereocenters. The van der Waals surface area contributed by atoms with Crippen LogP contribution < -0.4 is 4.90 Å². The molecular formula is C14H12ClN3O3. The van der Waals surface area contributed by atoms with Crippen molar-refractivity contribution in [1.82, 2.24) is 10.1 Å². The third-order valence-electron chi connectivity index (χ3n) is 3.21. The van der Waals surface area contributed by atoms with E-state index in [9.17, 15) is 9.59 Å². The van der Waals surface area contributed by atoms with Gasteiger partial charge in [-0.05, 0) is 24.6 Å². The molecule has 1 aliphatic heterocycles. The van der Waals surface area contributed by atoms with Crippen LogP contribution in [0.15, 0.2) is 22.7 Å². The number of carbonyl (C=O) groups excluding carboxylic acids is 2. The molecular weight excluding hydrogens is 294 g/mol. The Bertz CT molecular complexity index is 726. The summed E-state index contributed by atoms with van der Waals surface area (Å²) in [6.07, 6.45) is 1.58. The van der Waals surface area contributed by atoms with Crippen molar-refractivity contribution < 1.29 is 14.1 Å². The Kier molecular flexibility index (Phi) is 3.47. The number of rotatable bonds is 4. The number of fused-ring (bicyclic) bond motifs is 1. The molecule has 2 heterocycles. The summed E-state index contributed by atoms with van der Waals surface area (Å²) in [5.41, 5.74) is 0.834. The summed E-state index contributed by atoms with van der Waals surface area (Å²) >= 11 is 5.86. The van der Waals surface area contributed by atoms with Crippen LogP contribution in [0.2, 0.25) is 5.02 Å². The molecule has 2 aromatic rings. The van der Waals surface area contributed by atoms with Crippen LogP contribution in [0.25, 0.3) is 0 Å². The van der Waals surface area contributed by atoms with Gasteiger partial charge in [0.25, 0.3) is 11.7 Å². The van der Waals surface area contributed by atoms with Crippen molar-refractivity contribution in [2.45, 2.75) is 26.3 Å². The van der Waals surface area contributed by atoms with E-state index in [4.69, 9.17) is 16.1 Å². The number of hydrogen-bond donors (Lipinski definition) is 0. The molecule has 3 rings (SSSR count). The Hall–Kier alpha value is -2.21. The summed E-state index contributed by atoms with van der Waals surface area (Å²) in [6.45, 7) is 2.11. The van der Waals surface area contributed by atoms with Crippen molar-refractivity contribution in [3.8, 4) is 0 Å². The lowest BCUT2D eigenvalue weighted by Gasteiger charge is -2.13. The molecule has 0 radical (unpaired) electrons. The zero-order valence-corrected chi connectivity index (χ0v) is 12.1. The van der Waals surface area contributed by atoms with Gasteiger partial charge < -0.3 is 4.52 Å². The molecule has 1 aliphatic rings. The lowest BCUT2D eigenvalue weighted by molar-refractivity contribution is -0.114. The summed E-state index contributed by atoms with van der Waals surface area (Å²) in [5.74, 6) is -0.261. The number of aryl methyl sites for hydroxylation is 1. The first-order chi connectivity index (χ1) is 10.1. The Morgan fingerprint density at radius 3 is 2.90 bits per heavy atom. The number of amides is 1. The van der Waals surface area contributed by atoms with E-state index >= 15 is 0 Å². The third-order valence-corrected chi connectivity index (χ3v) is 3.44. The molecule has 21 heavy (non-hydrogen) atoms. The molecule has 0 aliphatic carbocycles. The van der Waals surface area contributed by atoms with Gasteiger partial charge in [0.2, 0.25) is 5.89 Å². The molecule has 1 aromatic heterocycles. The minimum Gasteiger partial charge on any atom is -0.339 e. The van der Waals surface area contributed by atoms with E-state index < -0.39 is 11.7 Å². The van der Waals surface area contributed by atoms with E-state index in [1.54, 1.807) is 12.1 Å². The first-order valence-corrected chi connectivity index (χ1v) is 6.95. The topological polar surface area (TPSA) is 76.3 Å². The van der Waals surface area contributed by atoms with Crippen molar-refractivity contribution in [3.05, 3.63) is 40.5 Å². The largest absolute Gasteiger partial charge is 0.339 e. The van der Waals surface area contributed by atoms with Gasteiger partial charge in [0.15, 0.2) is 5.82 Å². The van der Waals surface area contributed by atoms with Crippen LogP contribution in [0.3, 0.4) is 0 Å². The summed E-state index contributed by atoms with van der Waals surface area (Å²) in [6, 6.07) is 4.78. The van der Waals surface area contributed by atoms with Gasteiger partial charge in [-0.25, -0.2) is 0 Å². The first-order valence-electron chi connectivity index (χ1n) is 6.57. The summed E-state index contributed by atoms with van der Waals surface area (Å²) in [4.78, 5) is 29.5. The molecule has 6 nitrogen and oxygen atoms in total. The highest BCUT2D eigenvalue weighted by Gasteiger charge is 2.36. The van der Waals surface area contributed by atoms with Crippen molar-refractivity contribution in [3.63, 3.8) is 0 Å². The molecule has 0 fully saturated rings. The normalized spacial score (nSPS) is 13.9. The van der Waals surface area contributed by atoms with Crippen LogP contribution in [0.5, 0.6) is 0 Å². The van der Waals surface area contributed by atoms with Gasteiger partial charge in [-0.15, -0.1) is 0 Å². The van der Waals surface area contributed by atoms with Crippen LogP contribution in [0, 0.1) is 0 Å². The SMILES string of the molecule is CCCc1nc(CN2C(=O)C(=O)c3cc(Cl)ccc32)no1. The number of aromatic nitrogens is 2. The third kappa shape index (κ3) is 2.42. The summed E-state index contributed by atoms with van der Waals surface area (Å²) in [7, 11) is 0. The zero-order chi connectivity index (χ0) is 15.0. The fourth-order valence-corrected chi connectivity index (χ4v) is 2.41. The maximum absolute atomic E-state index is 12.1. The first kappa shape index (κ1) is 13.8. The van der Waals surface area contributed by atoms with Gasteiger partial charge in [-0.3, -0.25) is 14.5 Å². The van der Waals surface area contributed by atoms with Gasteiger partial charge in [-0.2, -0.15) is 4.98 Å². The zero-order valence-electron chi connectivity index (χ0n) is 11.3. The van der Waals surface area contributed by atoms with E-state index in [1.807, 2.05) is 6.92 Å². The minimum absolute atomic E-state index is 0.104. The number of carbonyl (C=O) groups is 2. The Balaban J connectivity index is 1.89. The predicted molar refractivity (Wildman–Crippen MR) is 75.3 cm³/mol. The van der Waals surface area contributed by atoms with Crippen LogP contribution in [0.4, 0.5) is 5.69 Å². The second kappa shape index (κ2) is 5.29. The Labute approximate surface area is 125 Å². The fraction of sp³-hybridized carbons (Fsp3) is 0.286. The number of benzene rings is 1. The van der Waals surface area contributed by atoms with Gasteiger partial charge in [0.05, 0.1) is 17.8 Å². The highest BCUT2D eigenvalue weighted by Crippen LogP contribution is 2.32. The average Bonchev–Trinajstić information content (AvgIpc) is 2.99. The summed E-state index contributed by atoms with van der Waals surface area (Å²) in [5, 5.41) is 4.25. The standard InChI is InChI=1S/C14H12ClN3O3/c1-2-3-12-16-11(17-21-12)7-18-10-5-4-8(15)6-9(10)13(19)14(18)20/h4-6H,2-3,7H2,1H3. The molecule has 0 spiro atoms. The van der Waals surface area contributed by atoms with Crippen LogP contribution in [-0.4, -0.2) is 21.8 Å². The number of halogens is 1. The quantitative estimate of drug-likeness (QED) is 0.811. The van der Waals surface area contributed by atoms with E-state index in [2.05, 4.69) is 10.1 Å². The minimum atomic E-state index is -0.603. The molecule has 0 saturated carbocycles. The fourth-order valence-electron chi connectivity index (χ4n) is 2.24.